The first-order chi connectivity index (χ1) is 11.1. The van der Waals surface area contributed by atoms with Crippen molar-refractivity contribution in [1.29, 1.82) is 0 Å². The van der Waals surface area contributed by atoms with E-state index in [2.05, 4.69) is 14.8 Å². The quantitative estimate of drug-likeness (QED) is 0.628. The summed E-state index contributed by atoms with van der Waals surface area (Å²) in [7, 11) is -3.09. The van der Waals surface area contributed by atoms with Gasteiger partial charge in [-0.3, -0.25) is 0 Å². The van der Waals surface area contributed by atoms with E-state index in [0.29, 0.717) is 6.07 Å². The Labute approximate surface area is 136 Å². The number of nitrogens with one attached hydrogen (secondary N) is 1. The minimum Gasteiger partial charge on any atom is -0.497 e. The maximum Gasteiger partial charge on any atom is 0.417 e. The summed E-state index contributed by atoms with van der Waals surface area (Å²) in [5, 5.41) is 10.7. The summed E-state index contributed by atoms with van der Waals surface area (Å²) >= 11 is 0. The van der Waals surface area contributed by atoms with Crippen LogP contribution >= 0.6 is 0 Å². The van der Waals surface area contributed by atoms with Gasteiger partial charge in [0.2, 0.25) is 0 Å². The Morgan fingerprint density at radius 1 is 1.33 bits per heavy atom. The van der Waals surface area contributed by atoms with Crippen molar-refractivity contribution in [3.8, 4) is 5.75 Å². The molecule has 7 nitrogen and oxygen atoms in total. The molecule has 0 saturated carbocycles. The molecule has 0 unspecified atom stereocenters. The molecule has 0 saturated heterocycles. The minimum absolute atomic E-state index is 0.0377. The third kappa shape index (κ3) is 5.98. The zero-order valence-corrected chi connectivity index (χ0v) is 13.4. The van der Waals surface area contributed by atoms with Gasteiger partial charge in [0.1, 0.15) is 18.2 Å². The van der Waals surface area contributed by atoms with Crippen LogP contribution in [0.15, 0.2) is 23.1 Å². The van der Waals surface area contributed by atoms with Crippen molar-refractivity contribution >= 4 is 15.8 Å². The molecule has 0 aliphatic heterocycles. The predicted molar refractivity (Wildman–Crippen MR) is 76.5 cm³/mol. The van der Waals surface area contributed by atoms with Gasteiger partial charge in [0.05, 0.1) is 24.2 Å². The van der Waals surface area contributed by atoms with Gasteiger partial charge in [0.15, 0.2) is 9.84 Å². The Morgan fingerprint density at radius 2 is 2.00 bits per heavy atom. The van der Waals surface area contributed by atoms with Crippen LogP contribution in [0.1, 0.15) is 5.56 Å². The zero-order valence-electron chi connectivity index (χ0n) is 12.6. The molecule has 0 atom stereocenters. The van der Waals surface area contributed by atoms with Crippen molar-refractivity contribution in [3.63, 3.8) is 0 Å². The van der Waals surface area contributed by atoms with Crippen LogP contribution in [0.5, 0.6) is 5.75 Å². The number of carbonyl (C=O) groups is 1. The maximum absolute atomic E-state index is 13.0. The first kappa shape index (κ1) is 20.2. The fourth-order valence-electron chi connectivity index (χ4n) is 1.72. The van der Waals surface area contributed by atoms with Crippen LogP contribution in [0, 0.1) is 0 Å². The van der Waals surface area contributed by atoms with Gasteiger partial charge in [-0.25, -0.2) is 13.2 Å². The van der Waals surface area contributed by atoms with Gasteiger partial charge >= 0.3 is 12.1 Å². The van der Waals surface area contributed by atoms with E-state index >= 15 is 0 Å². The number of hydrogen-bond donors (Lipinski definition) is 2. The first-order valence-electron chi connectivity index (χ1n) is 6.56. The molecular weight excluding hydrogens is 355 g/mol. The summed E-state index contributed by atoms with van der Waals surface area (Å²) in [5.41, 5.74) is -1.31. The van der Waals surface area contributed by atoms with Gasteiger partial charge in [-0.05, 0) is 18.2 Å². The second-order valence-electron chi connectivity index (χ2n) is 4.57. The zero-order chi connectivity index (χ0) is 18.4. The Balaban J connectivity index is 2.81. The molecule has 0 heterocycles. The van der Waals surface area contributed by atoms with Crippen LogP contribution < -0.4 is 10.1 Å². The lowest BCUT2D eigenvalue weighted by Gasteiger charge is -2.15. The average molecular weight is 371 g/mol. The van der Waals surface area contributed by atoms with E-state index in [1.54, 1.807) is 0 Å². The van der Waals surface area contributed by atoms with Gasteiger partial charge in [-0.15, -0.1) is 0 Å². The van der Waals surface area contributed by atoms with Gasteiger partial charge in [-0.1, -0.05) is 0 Å². The standard InChI is InChI=1S/C13H16F3NO6S/c1-22-9-2-3-11(10(6-9)13(14,15)16)24(20,21)8-17-4-5-23-7-12(18)19/h2-3,6,17H,4-5,7-8H2,1H3,(H,18,19). The predicted octanol–water partition coefficient (Wildman–Crippen LogP) is 1.14. The molecule has 0 spiro atoms. The van der Waals surface area contributed by atoms with Gasteiger partial charge in [-0.2, -0.15) is 13.2 Å². The molecular formula is C13H16F3NO6S. The number of hydrogen-bond acceptors (Lipinski definition) is 6. The second-order valence-corrected chi connectivity index (χ2v) is 6.52. The van der Waals surface area contributed by atoms with Crippen molar-refractivity contribution in [2.45, 2.75) is 11.1 Å². The van der Waals surface area contributed by atoms with Crippen LogP contribution in [0.4, 0.5) is 13.2 Å². The molecule has 136 valence electrons. The highest BCUT2D eigenvalue weighted by Crippen LogP contribution is 2.36. The molecule has 0 aromatic heterocycles. The van der Waals surface area contributed by atoms with Crippen molar-refractivity contribution in [1.82, 2.24) is 5.32 Å². The fourth-order valence-corrected chi connectivity index (χ4v) is 3.07. The Hall–Kier alpha value is -1.85. The first-order valence-corrected chi connectivity index (χ1v) is 8.21. The summed E-state index contributed by atoms with van der Waals surface area (Å²) in [4.78, 5) is 9.34. The van der Waals surface area contributed by atoms with Crippen LogP contribution in [-0.2, 0) is 25.5 Å². The summed E-state index contributed by atoms with van der Waals surface area (Å²) in [6, 6.07) is 2.57. The third-order valence-electron chi connectivity index (χ3n) is 2.77. The Morgan fingerprint density at radius 3 is 2.54 bits per heavy atom. The van der Waals surface area contributed by atoms with Crippen molar-refractivity contribution in [2.24, 2.45) is 0 Å². The largest absolute Gasteiger partial charge is 0.497 e. The molecule has 0 fully saturated rings. The topological polar surface area (TPSA) is 102 Å². The number of benzene rings is 1. The molecule has 0 aliphatic rings. The van der Waals surface area contributed by atoms with Crippen LogP contribution in [-0.4, -0.2) is 52.2 Å². The molecule has 0 amide bonds. The van der Waals surface area contributed by atoms with E-state index < -0.39 is 44.9 Å². The Kier molecular flexibility index (Phi) is 6.99. The molecule has 1 aromatic rings. The number of sulfone groups is 1. The number of carboxylic acids is 1. The highest BCUT2D eigenvalue weighted by Gasteiger charge is 2.37. The molecule has 1 aromatic carbocycles. The van der Waals surface area contributed by atoms with Crippen LogP contribution in [0.3, 0.4) is 0 Å². The number of carboxylic acid groups (broad SMARTS) is 1. The molecule has 0 radical (unpaired) electrons. The molecule has 0 aliphatic carbocycles. The van der Waals surface area contributed by atoms with E-state index in [9.17, 15) is 26.4 Å². The molecule has 1 rings (SSSR count). The number of rotatable bonds is 9. The lowest BCUT2D eigenvalue weighted by Crippen LogP contribution is -2.28. The summed E-state index contributed by atoms with van der Waals surface area (Å²) in [6.45, 7) is -0.689. The lowest BCUT2D eigenvalue weighted by atomic mass is 10.2. The van der Waals surface area contributed by atoms with Crippen molar-refractivity contribution in [3.05, 3.63) is 23.8 Å². The third-order valence-corrected chi connectivity index (χ3v) is 4.38. The molecule has 11 heteroatoms. The van der Waals surface area contributed by atoms with Crippen molar-refractivity contribution < 1.29 is 41.0 Å². The van der Waals surface area contributed by atoms with E-state index in [-0.39, 0.29) is 18.9 Å². The fraction of sp³-hybridized carbons (Fsp3) is 0.462. The molecule has 24 heavy (non-hydrogen) atoms. The number of alkyl halides is 3. The number of aliphatic carboxylic acids is 1. The average Bonchev–Trinajstić information content (AvgIpc) is 2.49. The minimum atomic E-state index is -4.86. The number of methoxy groups -OCH3 is 1. The van der Waals surface area contributed by atoms with E-state index in [0.717, 1.165) is 12.1 Å². The van der Waals surface area contributed by atoms with E-state index in [4.69, 9.17) is 5.11 Å². The monoisotopic (exact) mass is 371 g/mol. The molecule has 2 N–H and O–H groups in total. The summed E-state index contributed by atoms with van der Waals surface area (Å²) < 4.78 is 72.7. The van der Waals surface area contributed by atoms with Gasteiger partial charge in [0, 0.05) is 6.54 Å². The smallest absolute Gasteiger partial charge is 0.417 e. The highest BCUT2D eigenvalue weighted by molar-refractivity contribution is 7.91. The van der Waals surface area contributed by atoms with Gasteiger partial charge < -0.3 is 19.9 Å². The normalized spacial score (nSPS) is 12.2. The summed E-state index contributed by atoms with van der Waals surface area (Å²) in [6.07, 6.45) is -4.86. The number of halogens is 3. The second kappa shape index (κ2) is 8.31. The van der Waals surface area contributed by atoms with Crippen molar-refractivity contribution in [2.75, 3.05) is 32.7 Å². The lowest BCUT2D eigenvalue weighted by molar-refractivity contribution is -0.142. The number of ether oxygens (including phenoxy) is 2. The van der Waals surface area contributed by atoms with Crippen LogP contribution in [0.25, 0.3) is 0 Å². The van der Waals surface area contributed by atoms with Crippen LogP contribution in [0.2, 0.25) is 0 Å². The van der Waals surface area contributed by atoms with E-state index in [1.807, 2.05) is 0 Å². The van der Waals surface area contributed by atoms with E-state index in [1.165, 1.54) is 7.11 Å². The maximum atomic E-state index is 13.0. The summed E-state index contributed by atoms with van der Waals surface area (Å²) in [5.74, 6) is -2.05. The Bertz CT molecular complexity index is 675. The molecule has 0 bridgehead atoms. The highest BCUT2D eigenvalue weighted by atomic mass is 32.2. The SMILES string of the molecule is COc1ccc(S(=O)(=O)CNCCOCC(=O)O)c(C(F)(F)F)c1. The van der Waals surface area contributed by atoms with Gasteiger partial charge in [0.25, 0.3) is 0 Å².